The number of benzene rings is 2. The SMILES string of the molecule is Cc1cc(OCc2ccc(C(=O)O)cc2)c(N(C[C@@H](C)F)S(=O)(=O)c2cccnc2)cc1C. The highest BCUT2D eigenvalue weighted by Crippen LogP contribution is 2.36. The van der Waals surface area contributed by atoms with Gasteiger partial charge in [-0.15, -0.1) is 0 Å². The van der Waals surface area contributed by atoms with Gasteiger partial charge in [-0.05, 0) is 73.9 Å². The summed E-state index contributed by atoms with van der Waals surface area (Å²) in [5, 5.41) is 9.05. The summed E-state index contributed by atoms with van der Waals surface area (Å²) in [7, 11) is -4.11. The second-order valence-electron chi connectivity index (χ2n) is 7.70. The smallest absolute Gasteiger partial charge is 0.335 e. The van der Waals surface area contributed by atoms with E-state index in [1.54, 1.807) is 24.3 Å². The third-order valence-electron chi connectivity index (χ3n) is 5.08. The van der Waals surface area contributed by atoms with E-state index in [0.29, 0.717) is 5.56 Å². The largest absolute Gasteiger partial charge is 0.487 e. The predicted octanol–water partition coefficient (Wildman–Crippen LogP) is 4.53. The van der Waals surface area contributed by atoms with Crippen molar-refractivity contribution in [2.45, 2.75) is 38.4 Å². The van der Waals surface area contributed by atoms with Crippen LogP contribution < -0.4 is 9.04 Å². The van der Waals surface area contributed by atoms with Crippen LogP contribution in [-0.4, -0.2) is 37.2 Å². The Labute approximate surface area is 192 Å². The third kappa shape index (κ3) is 5.67. The molecule has 0 amide bonds. The highest BCUT2D eigenvalue weighted by atomic mass is 32.2. The first-order chi connectivity index (χ1) is 15.6. The van der Waals surface area contributed by atoms with Gasteiger partial charge in [0.1, 0.15) is 23.4 Å². The second kappa shape index (κ2) is 9.99. The average Bonchev–Trinajstić information content (AvgIpc) is 2.78. The van der Waals surface area contributed by atoms with Gasteiger partial charge in [0.2, 0.25) is 0 Å². The Bertz CT molecular complexity index is 1230. The van der Waals surface area contributed by atoms with E-state index in [1.165, 1.54) is 43.6 Å². The molecule has 0 aliphatic rings. The van der Waals surface area contributed by atoms with E-state index < -0.39 is 28.7 Å². The molecule has 9 heteroatoms. The van der Waals surface area contributed by atoms with E-state index in [2.05, 4.69) is 4.98 Å². The van der Waals surface area contributed by atoms with Crippen LogP contribution in [0.25, 0.3) is 0 Å². The van der Waals surface area contributed by atoms with Crippen molar-refractivity contribution in [3.05, 3.63) is 83.2 Å². The van der Waals surface area contributed by atoms with Crippen molar-refractivity contribution in [1.82, 2.24) is 4.98 Å². The van der Waals surface area contributed by atoms with E-state index in [0.717, 1.165) is 15.4 Å². The molecule has 0 aliphatic heterocycles. The molecule has 3 aromatic rings. The van der Waals surface area contributed by atoms with Crippen molar-refractivity contribution in [2.75, 3.05) is 10.8 Å². The first-order valence-electron chi connectivity index (χ1n) is 10.2. The van der Waals surface area contributed by atoms with Gasteiger partial charge in [0.05, 0.1) is 17.8 Å². The number of sulfonamides is 1. The van der Waals surface area contributed by atoms with Crippen molar-refractivity contribution in [3.63, 3.8) is 0 Å². The van der Waals surface area contributed by atoms with Crippen LogP contribution in [0.15, 0.2) is 65.8 Å². The molecule has 1 atom stereocenters. The van der Waals surface area contributed by atoms with Gasteiger partial charge in [-0.2, -0.15) is 0 Å². The van der Waals surface area contributed by atoms with Crippen LogP contribution in [0.4, 0.5) is 10.1 Å². The first kappa shape index (κ1) is 24.2. The molecule has 174 valence electrons. The minimum Gasteiger partial charge on any atom is -0.487 e. The number of pyridine rings is 1. The van der Waals surface area contributed by atoms with Gasteiger partial charge in [-0.3, -0.25) is 9.29 Å². The Balaban J connectivity index is 2.02. The van der Waals surface area contributed by atoms with Crippen LogP contribution >= 0.6 is 0 Å². The first-order valence-corrected chi connectivity index (χ1v) is 11.7. The van der Waals surface area contributed by atoms with Gasteiger partial charge < -0.3 is 9.84 Å². The number of aromatic nitrogens is 1. The van der Waals surface area contributed by atoms with Gasteiger partial charge in [0, 0.05) is 12.4 Å². The number of rotatable bonds is 9. The molecule has 1 N–H and O–H groups in total. The molecule has 2 aromatic carbocycles. The number of aryl methyl sites for hydroxylation is 2. The Morgan fingerprint density at radius 1 is 1.15 bits per heavy atom. The molecular formula is C24H25FN2O5S. The van der Waals surface area contributed by atoms with E-state index in [1.807, 2.05) is 13.8 Å². The molecule has 1 aromatic heterocycles. The zero-order valence-electron chi connectivity index (χ0n) is 18.5. The summed E-state index contributed by atoms with van der Waals surface area (Å²) in [6.45, 7) is 4.66. The molecule has 0 fully saturated rings. The monoisotopic (exact) mass is 472 g/mol. The number of anilines is 1. The maximum atomic E-state index is 14.1. The van der Waals surface area contributed by atoms with E-state index >= 15 is 0 Å². The fourth-order valence-corrected chi connectivity index (χ4v) is 4.67. The molecule has 0 unspecified atom stereocenters. The van der Waals surface area contributed by atoms with Gasteiger partial charge in [0.25, 0.3) is 10.0 Å². The van der Waals surface area contributed by atoms with Crippen LogP contribution in [0.5, 0.6) is 5.75 Å². The average molecular weight is 473 g/mol. The summed E-state index contributed by atoms with van der Waals surface area (Å²) in [6.07, 6.45) is 1.24. The van der Waals surface area contributed by atoms with Crippen LogP contribution in [0.1, 0.15) is 34.0 Å². The van der Waals surface area contributed by atoms with Crippen molar-refractivity contribution in [1.29, 1.82) is 0 Å². The number of carboxylic acids is 1. The number of halogens is 1. The normalized spacial score (nSPS) is 12.2. The standard InChI is InChI=1S/C24H25FN2O5S/c1-16-11-22(27(14-18(3)25)33(30,31)21-5-4-10-26-13-21)23(12-17(16)2)32-15-19-6-8-20(9-7-19)24(28)29/h4-13,18H,14-15H2,1-3H3,(H,28,29)/t18-/m1/s1. The number of nitrogens with zero attached hydrogens (tertiary/aromatic N) is 2. The summed E-state index contributed by atoms with van der Waals surface area (Å²) in [5.74, 6) is -0.760. The third-order valence-corrected chi connectivity index (χ3v) is 6.84. The Hall–Kier alpha value is -3.46. The summed E-state index contributed by atoms with van der Waals surface area (Å²) < 4.78 is 47.9. The molecule has 0 saturated heterocycles. The highest BCUT2D eigenvalue weighted by molar-refractivity contribution is 7.92. The van der Waals surface area contributed by atoms with Gasteiger partial charge in [-0.25, -0.2) is 17.6 Å². The lowest BCUT2D eigenvalue weighted by Crippen LogP contribution is -2.36. The number of carbonyl (C=O) groups is 1. The summed E-state index contributed by atoms with van der Waals surface area (Å²) in [5.41, 5.74) is 2.76. The summed E-state index contributed by atoms with van der Waals surface area (Å²) in [6, 6.07) is 12.5. The van der Waals surface area contributed by atoms with Crippen molar-refractivity contribution >= 4 is 21.7 Å². The topological polar surface area (TPSA) is 96.8 Å². The predicted molar refractivity (Wildman–Crippen MR) is 123 cm³/mol. The van der Waals surface area contributed by atoms with Crippen LogP contribution in [0, 0.1) is 13.8 Å². The Morgan fingerprint density at radius 2 is 1.82 bits per heavy atom. The second-order valence-corrected chi connectivity index (χ2v) is 9.56. The molecule has 0 aliphatic carbocycles. The Kier molecular flexibility index (Phi) is 7.33. The minimum absolute atomic E-state index is 0.0564. The summed E-state index contributed by atoms with van der Waals surface area (Å²) >= 11 is 0. The highest BCUT2D eigenvalue weighted by Gasteiger charge is 2.29. The van der Waals surface area contributed by atoms with Crippen molar-refractivity contribution in [2.24, 2.45) is 0 Å². The maximum Gasteiger partial charge on any atom is 0.335 e. The van der Waals surface area contributed by atoms with Crippen LogP contribution in [-0.2, 0) is 16.6 Å². The van der Waals surface area contributed by atoms with E-state index in [-0.39, 0.29) is 28.5 Å². The lowest BCUT2D eigenvalue weighted by atomic mass is 10.1. The molecule has 0 bridgehead atoms. The molecule has 0 spiro atoms. The minimum atomic E-state index is -4.11. The number of hydrogen-bond acceptors (Lipinski definition) is 5. The lowest BCUT2D eigenvalue weighted by Gasteiger charge is -2.27. The molecule has 0 radical (unpaired) electrons. The maximum absolute atomic E-state index is 14.1. The van der Waals surface area contributed by atoms with Crippen molar-refractivity contribution in [3.8, 4) is 5.75 Å². The molecule has 3 rings (SSSR count). The van der Waals surface area contributed by atoms with Crippen LogP contribution in [0.2, 0.25) is 0 Å². The molecule has 7 nitrogen and oxygen atoms in total. The molecule has 0 saturated carbocycles. The fraction of sp³-hybridized carbons (Fsp3) is 0.250. The number of carboxylic acid groups (broad SMARTS) is 1. The molecule has 1 heterocycles. The number of alkyl halides is 1. The van der Waals surface area contributed by atoms with Gasteiger partial charge in [-0.1, -0.05) is 12.1 Å². The van der Waals surface area contributed by atoms with Crippen LogP contribution in [0.3, 0.4) is 0 Å². The van der Waals surface area contributed by atoms with E-state index in [9.17, 15) is 17.6 Å². The molecule has 33 heavy (non-hydrogen) atoms. The number of hydrogen-bond donors (Lipinski definition) is 1. The number of ether oxygens (including phenoxy) is 1. The zero-order valence-corrected chi connectivity index (χ0v) is 19.3. The fourth-order valence-electron chi connectivity index (χ4n) is 3.17. The quantitative estimate of drug-likeness (QED) is 0.492. The Morgan fingerprint density at radius 3 is 2.39 bits per heavy atom. The van der Waals surface area contributed by atoms with Crippen molar-refractivity contribution < 1.29 is 27.4 Å². The zero-order chi connectivity index (χ0) is 24.2. The lowest BCUT2D eigenvalue weighted by molar-refractivity contribution is 0.0696. The summed E-state index contributed by atoms with van der Waals surface area (Å²) in [4.78, 5) is 14.9. The van der Waals surface area contributed by atoms with E-state index in [4.69, 9.17) is 9.84 Å². The number of aromatic carboxylic acids is 1. The van der Waals surface area contributed by atoms with Gasteiger partial charge >= 0.3 is 5.97 Å². The van der Waals surface area contributed by atoms with Gasteiger partial charge in [0.15, 0.2) is 0 Å². The molecular weight excluding hydrogens is 447 g/mol.